The van der Waals surface area contributed by atoms with E-state index in [1.54, 1.807) is 6.07 Å². The zero-order valence-corrected chi connectivity index (χ0v) is 13.8. The zero-order chi connectivity index (χ0) is 15.4. The zero-order valence-electron chi connectivity index (χ0n) is 11.5. The Morgan fingerprint density at radius 3 is 2.57 bits per heavy atom. The number of nitrogens with one attached hydrogen (secondary N) is 1. The van der Waals surface area contributed by atoms with Crippen molar-refractivity contribution in [3.8, 4) is 0 Å². The van der Waals surface area contributed by atoms with Gasteiger partial charge in [-0.15, -0.1) is 0 Å². The molecule has 0 aromatic heterocycles. The summed E-state index contributed by atoms with van der Waals surface area (Å²) in [5.74, 6) is -0.922. The quantitative estimate of drug-likeness (QED) is 0.703. The molecule has 0 bridgehead atoms. The van der Waals surface area contributed by atoms with E-state index in [1.807, 2.05) is 25.1 Å². The van der Waals surface area contributed by atoms with Gasteiger partial charge in [0.15, 0.2) is 0 Å². The second-order valence-electron chi connectivity index (χ2n) is 4.69. The SMILES string of the molecule is CCNC(Cc1ccccc1Cl)c1cc(F)c(Br)cc1F. The highest BCUT2D eigenvalue weighted by Gasteiger charge is 2.19. The van der Waals surface area contributed by atoms with E-state index in [4.69, 9.17) is 11.6 Å². The highest BCUT2D eigenvalue weighted by Crippen LogP contribution is 2.28. The molecule has 0 spiro atoms. The molecule has 1 unspecified atom stereocenters. The van der Waals surface area contributed by atoms with Gasteiger partial charge in [-0.1, -0.05) is 36.7 Å². The topological polar surface area (TPSA) is 12.0 Å². The molecule has 1 atom stereocenters. The number of hydrogen-bond donors (Lipinski definition) is 1. The Labute approximate surface area is 136 Å². The van der Waals surface area contributed by atoms with Gasteiger partial charge in [0, 0.05) is 16.6 Å². The number of rotatable bonds is 5. The van der Waals surface area contributed by atoms with E-state index < -0.39 is 11.6 Å². The van der Waals surface area contributed by atoms with Gasteiger partial charge in [0.1, 0.15) is 11.6 Å². The number of likely N-dealkylation sites (N-methyl/N-ethyl adjacent to an activating group) is 1. The average Bonchev–Trinajstić information content (AvgIpc) is 2.45. The molecule has 0 saturated heterocycles. The van der Waals surface area contributed by atoms with Gasteiger partial charge >= 0.3 is 0 Å². The maximum Gasteiger partial charge on any atom is 0.137 e. The smallest absolute Gasteiger partial charge is 0.137 e. The van der Waals surface area contributed by atoms with Crippen LogP contribution in [0.25, 0.3) is 0 Å². The summed E-state index contributed by atoms with van der Waals surface area (Å²) in [6, 6.07) is 9.44. The minimum atomic E-state index is -0.478. The Hall–Kier alpha value is -0.970. The van der Waals surface area contributed by atoms with Gasteiger partial charge in [0.25, 0.3) is 0 Å². The van der Waals surface area contributed by atoms with E-state index in [1.165, 1.54) is 6.07 Å². The monoisotopic (exact) mass is 373 g/mol. The summed E-state index contributed by atoms with van der Waals surface area (Å²) in [6.45, 7) is 2.57. The molecule has 0 aliphatic heterocycles. The summed E-state index contributed by atoms with van der Waals surface area (Å²) >= 11 is 9.14. The average molecular weight is 375 g/mol. The second-order valence-corrected chi connectivity index (χ2v) is 5.96. The van der Waals surface area contributed by atoms with Crippen molar-refractivity contribution in [2.75, 3.05) is 6.54 Å². The van der Waals surface area contributed by atoms with Crippen LogP contribution in [0.15, 0.2) is 40.9 Å². The Bertz CT molecular complexity index is 634. The first-order chi connectivity index (χ1) is 10.0. The normalized spacial score (nSPS) is 12.4. The molecule has 0 fully saturated rings. The minimum absolute atomic E-state index is 0.122. The lowest BCUT2D eigenvalue weighted by atomic mass is 9.98. The maximum absolute atomic E-state index is 14.1. The molecule has 0 aliphatic rings. The van der Waals surface area contributed by atoms with Gasteiger partial charge in [0.05, 0.1) is 4.47 Å². The van der Waals surface area contributed by atoms with Crippen molar-refractivity contribution in [2.24, 2.45) is 0 Å². The van der Waals surface area contributed by atoms with Crippen LogP contribution in [0.1, 0.15) is 24.1 Å². The van der Waals surface area contributed by atoms with Crippen molar-refractivity contribution >= 4 is 27.5 Å². The standard InChI is InChI=1S/C16H15BrClF2N/c1-2-21-16(7-10-5-3-4-6-13(10)18)11-8-15(20)12(17)9-14(11)19/h3-6,8-9,16,21H,2,7H2,1H3. The molecule has 2 aromatic carbocycles. The molecule has 21 heavy (non-hydrogen) atoms. The van der Waals surface area contributed by atoms with Crippen LogP contribution < -0.4 is 5.32 Å². The number of hydrogen-bond acceptors (Lipinski definition) is 1. The maximum atomic E-state index is 14.1. The summed E-state index contributed by atoms with van der Waals surface area (Å²) < 4.78 is 28.0. The third-order valence-corrected chi connectivity index (χ3v) is 4.22. The van der Waals surface area contributed by atoms with Gasteiger partial charge < -0.3 is 5.32 Å². The minimum Gasteiger partial charge on any atom is -0.310 e. The van der Waals surface area contributed by atoms with Crippen LogP contribution in [0.2, 0.25) is 5.02 Å². The molecule has 1 nitrogen and oxygen atoms in total. The van der Waals surface area contributed by atoms with Crippen LogP contribution in [0, 0.1) is 11.6 Å². The van der Waals surface area contributed by atoms with Crippen LogP contribution in [0.5, 0.6) is 0 Å². The molecular weight excluding hydrogens is 360 g/mol. The molecule has 0 saturated carbocycles. The van der Waals surface area contributed by atoms with Crippen LogP contribution in [0.3, 0.4) is 0 Å². The molecular formula is C16H15BrClF2N. The third kappa shape index (κ3) is 4.02. The number of halogens is 4. The van der Waals surface area contributed by atoms with E-state index in [2.05, 4.69) is 21.2 Å². The first-order valence-electron chi connectivity index (χ1n) is 6.64. The Morgan fingerprint density at radius 2 is 1.90 bits per heavy atom. The highest BCUT2D eigenvalue weighted by atomic mass is 79.9. The van der Waals surface area contributed by atoms with Gasteiger partial charge in [-0.3, -0.25) is 0 Å². The van der Waals surface area contributed by atoms with E-state index in [0.29, 0.717) is 23.6 Å². The van der Waals surface area contributed by atoms with Crippen LogP contribution >= 0.6 is 27.5 Å². The Balaban J connectivity index is 2.35. The fourth-order valence-electron chi connectivity index (χ4n) is 2.23. The molecule has 1 N–H and O–H groups in total. The van der Waals surface area contributed by atoms with E-state index in [9.17, 15) is 8.78 Å². The van der Waals surface area contributed by atoms with E-state index in [-0.39, 0.29) is 10.5 Å². The molecule has 2 aromatic rings. The van der Waals surface area contributed by atoms with Gasteiger partial charge in [0.2, 0.25) is 0 Å². The molecule has 0 radical (unpaired) electrons. The Morgan fingerprint density at radius 1 is 1.19 bits per heavy atom. The lowest BCUT2D eigenvalue weighted by Gasteiger charge is -2.20. The third-order valence-electron chi connectivity index (χ3n) is 3.25. The molecule has 112 valence electrons. The molecule has 0 heterocycles. The fourth-order valence-corrected chi connectivity index (χ4v) is 2.76. The summed E-state index contributed by atoms with van der Waals surface area (Å²) in [7, 11) is 0. The summed E-state index contributed by atoms with van der Waals surface area (Å²) in [5, 5.41) is 3.81. The molecule has 0 aliphatic carbocycles. The predicted octanol–water partition coefficient (Wildman–Crippen LogP) is 5.27. The summed E-state index contributed by atoms with van der Waals surface area (Å²) in [5.41, 5.74) is 1.20. The van der Waals surface area contributed by atoms with Gasteiger partial charge in [-0.2, -0.15) is 0 Å². The van der Waals surface area contributed by atoms with Crippen LogP contribution in [-0.4, -0.2) is 6.54 Å². The lowest BCUT2D eigenvalue weighted by molar-refractivity contribution is 0.501. The molecule has 2 rings (SSSR count). The lowest BCUT2D eigenvalue weighted by Crippen LogP contribution is -2.24. The molecule has 0 amide bonds. The first-order valence-corrected chi connectivity index (χ1v) is 7.81. The van der Waals surface area contributed by atoms with Crippen LogP contribution in [0.4, 0.5) is 8.78 Å². The predicted molar refractivity (Wildman–Crippen MR) is 85.6 cm³/mol. The van der Waals surface area contributed by atoms with E-state index in [0.717, 1.165) is 11.6 Å². The van der Waals surface area contributed by atoms with Crippen molar-refractivity contribution < 1.29 is 8.78 Å². The highest BCUT2D eigenvalue weighted by molar-refractivity contribution is 9.10. The van der Waals surface area contributed by atoms with Crippen molar-refractivity contribution in [3.63, 3.8) is 0 Å². The van der Waals surface area contributed by atoms with Crippen molar-refractivity contribution in [3.05, 3.63) is 68.7 Å². The second kappa shape index (κ2) is 7.34. The number of benzene rings is 2. The van der Waals surface area contributed by atoms with Crippen molar-refractivity contribution in [1.82, 2.24) is 5.32 Å². The first kappa shape index (κ1) is 16.4. The largest absolute Gasteiger partial charge is 0.310 e. The van der Waals surface area contributed by atoms with Gasteiger partial charge in [-0.05, 0) is 52.7 Å². The van der Waals surface area contributed by atoms with Gasteiger partial charge in [-0.25, -0.2) is 8.78 Å². The fraction of sp³-hybridized carbons (Fsp3) is 0.250. The summed E-state index contributed by atoms with van der Waals surface area (Å²) in [6.07, 6.45) is 0.492. The van der Waals surface area contributed by atoms with Crippen LogP contribution in [-0.2, 0) is 6.42 Å². The van der Waals surface area contributed by atoms with Crippen molar-refractivity contribution in [1.29, 1.82) is 0 Å². The van der Waals surface area contributed by atoms with E-state index >= 15 is 0 Å². The molecule has 5 heteroatoms. The summed E-state index contributed by atoms with van der Waals surface area (Å²) in [4.78, 5) is 0. The van der Waals surface area contributed by atoms with Crippen molar-refractivity contribution in [2.45, 2.75) is 19.4 Å². The Kier molecular flexibility index (Phi) is 5.73.